The molecule has 0 N–H and O–H groups in total. The minimum atomic E-state index is 0.620. The minimum Gasteiger partial charge on any atom is -0.454 e. The highest BCUT2D eigenvalue weighted by Gasteiger charge is 2.19. The van der Waals surface area contributed by atoms with E-state index in [1.54, 1.807) is 0 Å². The fourth-order valence-electron chi connectivity index (χ4n) is 5.87. The Bertz CT molecular complexity index is 2180. The summed E-state index contributed by atoms with van der Waals surface area (Å²) in [7, 11) is 0. The predicted octanol–water partition coefficient (Wildman–Crippen LogP) is 10.8. The highest BCUT2D eigenvalue weighted by atomic mass is 35.5. The van der Waals surface area contributed by atoms with Crippen molar-refractivity contribution in [3.63, 3.8) is 0 Å². The molecule has 4 heteroatoms. The zero-order valence-corrected chi connectivity index (χ0v) is 22.2. The summed E-state index contributed by atoms with van der Waals surface area (Å²) >= 11 is 6.47. The lowest BCUT2D eigenvalue weighted by atomic mass is 10.1. The zero-order chi connectivity index (χ0) is 26.6. The van der Waals surface area contributed by atoms with Gasteiger partial charge < -0.3 is 13.9 Å². The summed E-state index contributed by atoms with van der Waals surface area (Å²) in [6.45, 7) is 0. The maximum absolute atomic E-state index is 6.47. The number of aromatic nitrogens is 1. The Hall–Kier alpha value is -4.99. The molecule has 0 saturated heterocycles. The van der Waals surface area contributed by atoms with Crippen LogP contribution >= 0.6 is 11.6 Å². The molecule has 0 aliphatic rings. The summed E-state index contributed by atoms with van der Waals surface area (Å²) in [6.07, 6.45) is 0. The van der Waals surface area contributed by atoms with E-state index < -0.39 is 0 Å². The second kappa shape index (κ2) is 9.04. The number of halogens is 1. The van der Waals surface area contributed by atoms with E-state index in [2.05, 4.69) is 131 Å². The van der Waals surface area contributed by atoms with Gasteiger partial charge in [-0.2, -0.15) is 0 Å². The monoisotopic (exact) mass is 534 g/mol. The first-order valence-corrected chi connectivity index (χ1v) is 13.7. The van der Waals surface area contributed by atoms with Crippen LogP contribution in [0.25, 0.3) is 49.4 Å². The molecule has 0 bridgehead atoms. The molecule has 40 heavy (non-hydrogen) atoms. The summed E-state index contributed by atoms with van der Waals surface area (Å²) in [5.74, 6) is 0. The standard InChI is InChI=1S/C36H23ClN2O/c37-32-16-9-15-31-30-21-19-27(23-35(30)40-36(31)32)38(24-10-3-1-4-11-24)26-18-20-29-28-14-7-8-17-33(28)39(34(29)22-26)25-12-5-2-6-13-25/h1-23H. The molecular weight excluding hydrogens is 512 g/mol. The van der Waals surface area contributed by atoms with Gasteiger partial charge in [0.05, 0.1) is 16.1 Å². The summed E-state index contributed by atoms with van der Waals surface area (Å²) in [4.78, 5) is 2.28. The number of anilines is 3. The zero-order valence-electron chi connectivity index (χ0n) is 21.5. The van der Waals surface area contributed by atoms with Crippen molar-refractivity contribution in [2.45, 2.75) is 0 Å². The average Bonchev–Trinajstić information content (AvgIpc) is 3.54. The number of furan rings is 1. The van der Waals surface area contributed by atoms with Gasteiger partial charge in [0, 0.05) is 50.4 Å². The first kappa shape index (κ1) is 22.9. The summed E-state index contributed by atoms with van der Waals surface area (Å²) in [6, 6.07) is 48.6. The van der Waals surface area contributed by atoms with E-state index >= 15 is 0 Å². The third-order valence-corrected chi connectivity index (χ3v) is 7.93. The third-order valence-electron chi connectivity index (χ3n) is 7.64. The SMILES string of the molecule is Clc1cccc2c1oc1cc(N(c3ccccc3)c3ccc4c5ccccc5n(-c5ccccc5)c4c3)ccc12. The largest absolute Gasteiger partial charge is 0.454 e. The van der Waals surface area contributed by atoms with E-state index in [1.165, 1.54) is 16.3 Å². The number of fused-ring (bicyclic) bond motifs is 6. The molecule has 0 aliphatic carbocycles. The molecule has 0 saturated carbocycles. The molecule has 8 aromatic rings. The molecule has 0 atom stereocenters. The molecule has 0 unspecified atom stereocenters. The number of rotatable bonds is 4. The van der Waals surface area contributed by atoms with Crippen LogP contribution in [0.1, 0.15) is 0 Å². The van der Waals surface area contributed by atoms with Crippen molar-refractivity contribution >= 4 is 72.4 Å². The molecule has 8 rings (SSSR count). The number of benzene rings is 6. The van der Waals surface area contributed by atoms with Gasteiger partial charge in [-0.05, 0) is 60.7 Å². The fraction of sp³-hybridized carbons (Fsp3) is 0. The van der Waals surface area contributed by atoms with Gasteiger partial charge in [-0.25, -0.2) is 0 Å². The third kappa shape index (κ3) is 3.52. The van der Waals surface area contributed by atoms with Crippen LogP contribution in [0, 0.1) is 0 Å². The predicted molar refractivity (Wildman–Crippen MR) is 168 cm³/mol. The maximum atomic E-state index is 6.47. The summed E-state index contributed by atoms with van der Waals surface area (Å²) in [5.41, 5.74) is 8.14. The van der Waals surface area contributed by atoms with Gasteiger partial charge >= 0.3 is 0 Å². The lowest BCUT2D eigenvalue weighted by Crippen LogP contribution is -2.09. The van der Waals surface area contributed by atoms with Crippen LogP contribution in [-0.4, -0.2) is 4.57 Å². The Morgan fingerprint density at radius 3 is 1.98 bits per heavy atom. The van der Waals surface area contributed by atoms with Gasteiger partial charge in [-0.15, -0.1) is 0 Å². The Labute approximate surface area is 236 Å². The van der Waals surface area contributed by atoms with Crippen LogP contribution in [0.5, 0.6) is 0 Å². The molecule has 0 spiro atoms. The van der Waals surface area contributed by atoms with Crippen molar-refractivity contribution in [1.29, 1.82) is 0 Å². The molecule has 0 radical (unpaired) electrons. The average molecular weight is 535 g/mol. The molecule has 0 amide bonds. The minimum absolute atomic E-state index is 0.620. The second-order valence-corrected chi connectivity index (χ2v) is 10.4. The van der Waals surface area contributed by atoms with E-state index in [0.717, 1.165) is 50.2 Å². The van der Waals surface area contributed by atoms with Crippen LogP contribution in [0.4, 0.5) is 17.1 Å². The number of nitrogens with zero attached hydrogens (tertiary/aromatic N) is 2. The van der Waals surface area contributed by atoms with Crippen molar-refractivity contribution in [3.05, 3.63) is 145 Å². The van der Waals surface area contributed by atoms with Gasteiger partial charge in [-0.1, -0.05) is 84.4 Å². The van der Waals surface area contributed by atoms with E-state index in [0.29, 0.717) is 5.02 Å². The van der Waals surface area contributed by atoms with Crippen molar-refractivity contribution < 1.29 is 4.42 Å². The fourth-order valence-corrected chi connectivity index (χ4v) is 6.08. The van der Waals surface area contributed by atoms with E-state index in [4.69, 9.17) is 16.0 Å². The van der Waals surface area contributed by atoms with Crippen molar-refractivity contribution in [1.82, 2.24) is 4.57 Å². The van der Waals surface area contributed by atoms with E-state index in [9.17, 15) is 0 Å². The molecule has 6 aromatic carbocycles. The quantitative estimate of drug-likeness (QED) is 0.224. The molecule has 0 fully saturated rings. The molecular formula is C36H23ClN2O. The topological polar surface area (TPSA) is 21.3 Å². The summed E-state index contributed by atoms with van der Waals surface area (Å²) < 4.78 is 8.62. The Kier molecular flexibility index (Phi) is 5.19. The normalized spacial score (nSPS) is 11.6. The van der Waals surface area contributed by atoms with Crippen LogP contribution in [0.15, 0.2) is 144 Å². The Balaban J connectivity index is 1.38. The number of para-hydroxylation sites is 4. The summed E-state index contributed by atoms with van der Waals surface area (Å²) in [5, 5.41) is 5.15. The molecule has 0 aliphatic heterocycles. The first-order chi connectivity index (χ1) is 19.8. The van der Waals surface area contributed by atoms with Crippen molar-refractivity contribution in [2.24, 2.45) is 0 Å². The molecule has 190 valence electrons. The van der Waals surface area contributed by atoms with Gasteiger partial charge in [-0.3, -0.25) is 0 Å². The first-order valence-electron chi connectivity index (χ1n) is 13.3. The van der Waals surface area contributed by atoms with Gasteiger partial charge in [0.15, 0.2) is 5.58 Å². The lowest BCUT2D eigenvalue weighted by molar-refractivity contribution is 0.669. The van der Waals surface area contributed by atoms with Crippen LogP contribution in [-0.2, 0) is 0 Å². The number of hydrogen-bond acceptors (Lipinski definition) is 2. The van der Waals surface area contributed by atoms with Gasteiger partial charge in [0.1, 0.15) is 5.58 Å². The Morgan fingerprint density at radius 1 is 0.500 bits per heavy atom. The van der Waals surface area contributed by atoms with Crippen LogP contribution < -0.4 is 4.90 Å². The van der Waals surface area contributed by atoms with Crippen LogP contribution in [0.3, 0.4) is 0 Å². The Morgan fingerprint density at radius 2 is 1.15 bits per heavy atom. The van der Waals surface area contributed by atoms with E-state index in [1.807, 2.05) is 18.2 Å². The maximum Gasteiger partial charge on any atom is 0.153 e. The molecule has 2 heterocycles. The highest BCUT2D eigenvalue weighted by molar-refractivity contribution is 6.35. The van der Waals surface area contributed by atoms with Crippen LogP contribution in [0.2, 0.25) is 5.02 Å². The van der Waals surface area contributed by atoms with E-state index in [-0.39, 0.29) is 0 Å². The molecule has 3 nitrogen and oxygen atoms in total. The van der Waals surface area contributed by atoms with Gasteiger partial charge in [0.2, 0.25) is 0 Å². The van der Waals surface area contributed by atoms with Crippen molar-refractivity contribution in [3.8, 4) is 5.69 Å². The van der Waals surface area contributed by atoms with Crippen molar-refractivity contribution in [2.75, 3.05) is 4.90 Å². The lowest BCUT2D eigenvalue weighted by Gasteiger charge is -2.25. The smallest absolute Gasteiger partial charge is 0.153 e. The second-order valence-electron chi connectivity index (χ2n) is 9.96. The number of hydrogen-bond donors (Lipinski definition) is 0. The molecule has 2 aromatic heterocycles. The van der Waals surface area contributed by atoms with Gasteiger partial charge in [0.25, 0.3) is 0 Å². The highest BCUT2D eigenvalue weighted by Crippen LogP contribution is 2.41.